The Hall–Kier alpha value is -2.01. The molecule has 0 unspecified atom stereocenters. The van der Waals surface area contributed by atoms with Gasteiger partial charge in [0.15, 0.2) is 0 Å². The van der Waals surface area contributed by atoms with Gasteiger partial charge in [0.05, 0.1) is 7.11 Å². The molecule has 0 bridgehead atoms. The summed E-state index contributed by atoms with van der Waals surface area (Å²) in [6.07, 6.45) is 1.74. The molecule has 0 amide bonds. The van der Waals surface area contributed by atoms with Gasteiger partial charge >= 0.3 is 5.97 Å². The number of methoxy groups -OCH3 is 1. The van der Waals surface area contributed by atoms with Gasteiger partial charge in [-0.2, -0.15) is 0 Å². The lowest BCUT2D eigenvalue weighted by Crippen LogP contribution is -2.03. The van der Waals surface area contributed by atoms with Crippen LogP contribution in [-0.4, -0.2) is 13.1 Å². The average Bonchev–Trinajstić information content (AvgIpc) is 2.34. The van der Waals surface area contributed by atoms with E-state index < -0.39 is 5.97 Å². The van der Waals surface area contributed by atoms with Crippen LogP contribution in [0.1, 0.15) is 19.4 Å². The van der Waals surface area contributed by atoms with E-state index in [1.54, 1.807) is 6.08 Å². The van der Waals surface area contributed by atoms with Crippen LogP contribution in [0.5, 0.6) is 0 Å². The Morgan fingerprint density at radius 3 is 2.47 bits per heavy atom. The fourth-order valence-corrected chi connectivity index (χ4v) is 1.19. The minimum absolute atomic E-state index is 0.221. The molecule has 0 aliphatic carbocycles. The molecule has 88 valence electrons. The molecule has 0 saturated heterocycles. The maximum absolute atomic E-state index is 11.5. The molecule has 1 aromatic rings. The summed E-state index contributed by atoms with van der Waals surface area (Å²) in [4.78, 5) is 11.5. The lowest BCUT2D eigenvalue weighted by atomic mass is 10.1. The van der Waals surface area contributed by atoms with Gasteiger partial charge in [-0.05, 0) is 11.6 Å². The number of benzene rings is 1. The highest BCUT2D eigenvalue weighted by Gasteiger charge is 2.06. The van der Waals surface area contributed by atoms with Crippen LogP contribution >= 0.6 is 0 Å². The SMILES string of the molecule is COC(=O)C(C#CC(C)C)=Cc1ccccc1. The van der Waals surface area contributed by atoms with E-state index in [0.29, 0.717) is 5.57 Å². The Morgan fingerprint density at radius 2 is 1.94 bits per heavy atom. The first-order valence-electron chi connectivity index (χ1n) is 5.50. The molecule has 0 aromatic heterocycles. The molecule has 0 radical (unpaired) electrons. The summed E-state index contributed by atoms with van der Waals surface area (Å²) in [6.45, 7) is 3.95. The predicted molar refractivity (Wildman–Crippen MR) is 69.0 cm³/mol. The highest BCUT2D eigenvalue weighted by atomic mass is 16.5. The van der Waals surface area contributed by atoms with Crippen molar-refractivity contribution < 1.29 is 9.53 Å². The smallest absolute Gasteiger partial charge is 0.346 e. The molecule has 2 heteroatoms. The van der Waals surface area contributed by atoms with Crippen molar-refractivity contribution in [3.8, 4) is 11.8 Å². The van der Waals surface area contributed by atoms with E-state index in [2.05, 4.69) is 11.8 Å². The van der Waals surface area contributed by atoms with Crippen LogP contribution in [0.25, 0.3) is 6.08 Å². The molecule has 0 heterocycles. The Kier molecular flexibility index (Phi) is 5.03. The zero-order valence-electron chi connectivity index (χ0n) is 10.4. The second-order valence-electron chi connectivity index (χ2n) is 3.88. The summed E-state index contributed by atoms with van der Waals surface area (Å²) in [5, 5.41) is 0. The number of carbonyl (C=O) groups excluding carboxylic acids is 1. The van der Waals surface area contributed by atoms with E-state index in [4.69, 9.17) is 4.74 Å². The van der Waals surface area contributed by atoms with Crippen molar-refractivity contribution in [2.75, 3.05) is 7.11 Å². The zero-order valence-corrected chi connectivity index (χ0v) is 10.4. The lowest BCUT2D eigenvalue weighted by Gasteiger charge is -1.99. The lowest BCUT2D eigenvalue weighted by molar-refractivity contribution is -0.135. The standard InChI is InChI=1S/C15H16O2/c1-12(2)9-10-14(15(16)17-3)11-13-7-5-4-6-8-13/h4-8,11-12H,1-3H3. The summed E-state index contributed by atoms with van der Waals surface area (Å²) < 4.78 is 4.71. The Morgan fingerprint density at radius 1 is 1.29 bits per heavy atom. The van der Waals surface area contributed by atoms with Gasteiger partial charge < -0.3 is 4.74 Å². The van der Waals surface area contributed by atoms with Crippen LogP contribution in [0.15, 0.2) is 35.9 Å². The molecule has 17 heavy (non-hydrogen) atoms. The molecule has 0 N–H and O–H groups in total. The predicted octanol–water partition coefficient (Wildman–Crippen LogP) is 2.90. The molecule has 0 aliphatic heterocycles. The summed E-state index contributed by atoms with van der Waals surface area (Å²) >= 11 is 0. The normalized spacial score (nSPS) is 10.7. The van der Waals surface area contributed by atoms with Crippen LogP contribution in [-0.2, 0) is 9.53 Å². The molecule has 1 rings (SSSR count). The van der Waals surface area contributed by atoms with Crippen molar-refractivity contribution in [1.82, 2.24) is 0 Å². The van der Waals surface area contributed by atoms with Crippen LogP contribution in [0.2, 0.25) is 0 Å². The van der Waals surface area contributed by atoms with E-state index in [0.717, 1.165) is 5.56 Å². The maximum atomic E-state index is 11.5. The largest absolute Gasteiger partial charge is 0.465 e. The second kappa shape index (κ2) is 6.55. The van der Waals surface area contributed by atoms with E-state index in [-0.39, 0.29) is 5.92 Å². The highest BCUT2D eigenvalue weighted by Crippen LogP contribution is 2.07. The first kappa shape index (κ1) is 13.1. The van der Waals surface area contributed by atoms with Crippen LogP contribution in [0, 0.1) is 17.8 Å². The number of ether oxygens (including phenoxy) is 1. The number of rotatable bonds is 2. The summed E-state index contributed by atoms with van der Waals surface area (Å²) in [7, 11) is 1.36. The fraction of sp³-hybridized carbons (Fsp3) is 0.267. The van der Waals surface area contributed by atoms with Crippen LogP contribution < -0.4 is 0 Å². The second-order valence-corrected chi connectivity index (χ2v) is 3.88. The van der Waals surface area contributed by atoms with Gasteiger partial charge in [0.2, 0.25) is 0 Å². The van der Waals surface area contributed by atoms with E-state index >= 15 is 0 Å². The van der Waals surface area contributed by atoms with Gasteiger partial charge in [0.25, 0.3) is 0 Å². The van der Waals surface area contributed by atoms with Gasteiger partial charge in [0.1, 0.15) is 5.57 Å². The molecule has 0 spiro atoms. The zero-order chi connectivity index (χ0) is 12.7. The molecule has 0 aliphatic rings. The monoisotopic (exact) mass is 228 g/mol. The molecule has 1 aromatic carbocycles. The maximum Gasteiger partial charge on any atom is 0.346 e. The summed E-state index contributed by atoms with van der Waals surface area (Å²) in [5.41, 5.74) is 1.32. The molecule has 0 saturated carbocycles. The summed E-state index contributed by atoms with van der Waals surface area (Å²) in [6, 6.07) is 9.59. The Bertz CT molecular complexity index is 459. The van der Waals surface area contributed by atoms with Crippen molar-refractivity contribution in [3.05, 3.63) is 41.5 Å². The average molecular weight is 228 g/mol. The van der Waals surface area contributed by atoms with Gasteiger partial charge in [-0.25, -0.2) is 4.79 Å². The van der Waals surface area contributed by atoms with Gasteiger partial charge in [-0.15, -0.1) is 0 Å². The van der Waals surface area contributed by atoms with Gasteiger partial charge in [-0.3, -0.25) is 0 Å². The minimum Gasteiger partial charge on any atom is -0.465 e. The first-order chi connectivity index (χ1) is 8.13. The number of hydrogen-bond acceptors (Lipinski definition) is 2. The van der Waals surface area contributed by atoms with E-state index in [1.807, 2.05) is 44.2 Å². The van der Waals surface area contributed by atoms with Gasteiger partial charge in [0, 0.05) is 5.92 Å². The molecule has 2 nitrogen and oxygen atoms in total. The first-order valence-corrected chi connectivity index (χ1v) is 5.50. The minimum atomic E-state index is -0.401. The number of hydrogen-bond donors (Lipinski definition) is 0. The van der Waals surface area contributed by atoms with Crippen molar-refractivity contribution in [2.45, 2.75) is 13.8 Å². The number of carbonyl (C=O) groups is 1. The summed E-state index contributed by atoms with van der Waals surface area (Å²) in [5.74, 6) is 5.64. The van der Waals surface area contributed by atoms with Crippen molar-refractivity contribution >= 4 is 12.0 Å². The fourth-order valence-electron chi connectivity index (χ4n) is 1.19. The Balaban J connectivity index is 3.04. The van der Waals surface area contributed by atoms with Crippen molar-refractivity contribution in [2.24, 2.45) is 5.92 Å². The third-order valence-corrected chi connectivity index (χ3v) is 2.01. The van der Waals surface area contributed by atoms with Crippen molar-refractivity contribution in [1.29, 1.82) is 0 Å². The van der Waals surface area contributed by atoms with Crippen LogP contribution in [0.3, 0.4) is 0 Å². The van der Waals surface area contributed by atoms with Gasteiger partial charge in [-0.1, -0.05) is 56.0 Å². The van der Waals surface area contributed by atoms with Crippen LogP contribution in [0.4, 0.5) is 0 Å². The molecular weight excluding hydrogens is 212 g/mol. The molecule has 0 atom stereocenters. The number of esters is 1. The molecule has 0 fully saturated rings. The van der Waals surface area contributed by atoms with E-state index in [1.165, 1.54) is 7.11 Å². The topological polar surface area (TPSA) is 26.3 Å². The quantitative estimate of drug-likeness (QED) is 0.442. The van der Waals surface area contributed by atoms with Crippen molar-refractivity contribution in [3.63, 3.8) is 0 Å². The van der Waals surface area contributed by atoms with E-state index in [9.17, 15) is 4.79 Å². The highest BCUT2D eigenvalue weighted by molar-refractivity contribution is 5.98. The Labute approximate surface area is 102 Å². The third kappa shape index (κ3) is 4.56. The third-order valence-electron chi connectivity index (χ3n) is 2.01. The molecular formula is C15H16O2.